The first kappa shape index (κ1) is 13.8. The molecule has 1 aromatic rings. The minimum atomic E-state index is -0.944. The van der Waals surface area contributed by atoms with Crippen molar-refractivity contribution >= 4 is 11.8 Å². The van der Waals surface area contributed by atoms with Crippen LogP contribution in [0.5, 0.6) is 0 Å². The maximum atomic E-state index is 11.4. The average Bonchev–Trinajstić information content (AvgIpc) is 2.24. The average molecular weight is 264 g/mol. The molecule has 0 saturated heterocycles. The lowest BCUT2D eigenvalue weighted by molar-refractivity contribution is 0.0463. The Morgan fingerprint density at radius 1 is 1.47 bits per heavy atom. The van der Waals surface area contributed by atoms with Gasteiger partial charge in [-0.15, -0.1) is 0 Å². The number of carboxylic acids is 1. The maximum absolute atomic E-state index is 11.4. The number of nitrogens with zero attached hydrogens (tertiary/aromatic N) is 2. The van der Waals surface area contributed by atoms with Gasteiger partial charge in [0.2, 0.25) is 0 Å². The summed E-state index contributed by atoms with van der Waals surface area (Å²) < 4.78 is 0. The molecule has 0 atom stereocenters. The first-order chi connectivity index (χ1) is 8.88. The highest BCUT2D eigenvalue weighted by molar-refractivity contribution is 5.95. The molecule has 5 heteroatoms. The van der Waals surface area contributed by atoms with E-state index in [4.69, 9.17) is 0 Å². The fourth-order valence-electron chi connectivity index (χ4n) is 2.68. The fourth-order valence-corrected chi connectivity index (χ4v) is 2.68. The van der Waals surface area contributed by atoms with Gasteiger partial charge < -0.3 is 15.1 Å². The molecular formula is C14H20N2O3. The number of carbonyl (C=O) groups is 1. The van der Waals surface area contributed by atoms with Crippen LogP contribution >= 0.6 is 0 Å². The van der Waals surface area contributed by atoms with Crippen LogP contribution in [0, 0.1) is 19.8 Å². The van der Waals surface area contributed by atoms with E-state index in [1.165, 1.54) is 0 Å². The molecule has 104 valence electrons. The van der Waals surface area contributed by atoms with Crippen LogP contribution in [-0.2, 0) is 0 Å². The summed E-state index contributed by atoms with van der Waals surface area (Å²) >= 11 is 0. The van der Waals surface area contributed by atoms with E-state index in [2.05, 4.69) is 4.98 Å². The summed E-state index contributed by atoms with van der Waals surface area (Å²) in [5.74, 6) is -0.00357. The highest BCUT2D eigenvalue weighted by Crippen LogP contribution is 2.30. The van der Waals surface area contributed by atoms with E-state index in [9.17, 15) is 15.0 Å². The number of hydrogen-bond acceptors (Lipinski definition) is 4. The van der Waals surface area contributed by atoms with Crippen LogP contribution < -0.4 is 4.90 Å². The topological polar surface area (TPSA) is 73.7 Å². The second-order valence-corrected chi connectivity index (χ2v) is 5.46. The molecule has 0 amide bonds. The van der Waals surface area contributed by atoms with Crippen LogP contribution in [0.2, 0.25) is 0 Å². The zero-order valence-corrected chi connectivity index (χ0v) is 11.6. The monoisotopic (exact) mass is 264 g/mol. The van der Waals surface area contributed by atoms with Crippen LogP contribution in [-0.4, -0.2) is 40.9 Å². The van der Waals surface area contributed by atoms with Crippen molar-refractivity contribution in [1.82, 2.24) is 4.98 Å². The molecule has 1 aliphatic rings. The van der Waals surface area contributed by atoms with Crippen LogP contribution in [0.4, 0.5) is 5.82 Å². The molecule has 1 heterocycles. The second kappa shape index (κ2) is 5.17. The predicted octanol–water partition coefficient (Wildman–Crippen LogP) is 1.60. The molecule has 19 heavy (non-hydrogen) atoms. The van der Waals surface area contributed by atoms with Crippen molar-refractivity contribution in [1.29, 1.82) is 0 Å². The van der Waals surface area contributed by atoms with Gasteiger partial charge in [-0.25, -0.2) is 9.78 Å². The van der Waals surface area contributed by atoms with Gasteiger partial charge in [-0.1, -0.05) is 0 Å². The highest BCUT2D eigenvalue weighted by Gasteiger charge is 2.29. The number of carboxylic acid groups (broad SMARTS) is 1. The van der Waals surface area contributed by atoms with Gasteiger partial charge in [0.25, 0.3) is 0 Å². The summed E-state index contributed by atoms with van der Waals surface area (Å²) in [5, 5.41) is 18.6. The van der Waals surface area contributed by atoms with Crippen LogP contribution in [0.3, 0.4) is 0 Å². The molecule has 1 saturated carbocycles. The molecule has 1 aromatic heterocycles. The molecular weight excluding hydrogens is 244 g/mol. The molecule has 2 rings (SSSR count). The molecule has 0 aliphatic heterocycles. The van der Waals surface area contributed by atoms with Gasteiger partial charge in [0.1, 0.15) is 11.4 Å². The summed E-state index contributed by atoms with van der Waals surface area (Å²) in [5.41, 5.74) is 1.82. The standard InChI is InChI=1S/C14H20N2O3/c1-8-4-9(2)15-13(12(8)14(18)19)16(3)7-10-5-11(17)6-10/h4,10-11,17H,5-7H2,1-3H3,(H,18,19). The molecule has 0 unspecified atom stereocenters. The lowest BCUT2D eigenvalue weighted by Crippen LogP contribution is -2.38. The predicted molar refractivity (Wildman–Crippen MR) is 72.7 cm³/mol. The van der Waals surface area contributed by atoms with E-state index in [-0.39, 0.29) is 11.7 Å². The zero-order valence-electron chi connectivity index (χ0n) is 11.6. The smallest absolute Gasteiger partial charge is 0.339 e. The van der Waals surface area contributed by atoms with E-state index < -0.39 is 5.97 Å². The normalized spacial score (nSPS) is 21.9. The number of aromatic nitrogens is 1. The van der Waals surface area contributed by atoms with Crippen molar-refractivity contribution in [2.75, 3.05) is 18.5 Å². The Hall–Kier alpha value is -1.62. The number of pyridine rings is 1. The summed E-state index contributed by atoms with van der Waals surface area (Å²) in [6.07, 6.45) is 1.39. The van der Waals surface area contributed by atoms with Crippen molar-refractivity contribution in [3.8, 4) is 0 Å². The highest BCUT2D eigenvalue weighted by atomic mass is 16.4. The Morgan fingerprint density at radius 2 is 2.11 bits per heavy atom. The van der Waals surface area contributed by atoms with Crippen molar-refractivity contribution in [3.05, 3.63) is 22.9 Å². The molecule has 0 radical (unpaired) electrons. The van der Waals surface area contributed by atoms with Gasteiger partial charge >= 0.3 is 5.97 Å². The SMILES string of the molecule is Cc1cc(C)c(C(=O)O)c(N(C)CC2CC(O)C2)n1. The summed E-state index contributed by atoms with van der Waals surface area (Å²) in [6.45, 7) is 4.39. The summed E-state index contributed by atoms with van der Waals surface area (Å²) in [6, 6.07) is 1.79. The molecule has 1 fully saturated rings. The van der Waals surface area contributed by atoms with Gasteiger partial charge in [-0.3, -0.25) is 0 Å². The molecule has 1 aliphatic carbocycles. The molecule has 0 bridgehead atoms. The number of aliphatic hydroxyl groups excluding tert-OH is 1. The fraction of sp³-hybridized carbons (Fsp3) is 0.571. The van der Waals surface area contributed by atoms with E-state index in [1.807, 2.05) is 18.9 Å². The number of rotatable bonds is 4. The maximum Gasteiger partial charge on any atom is 0.339 e. The van der Waals surface area contributed by atoms with Gasteiger partial charge in [-0.05, 0) is 44.2 Å². The summed E-state index contributed by atoms with van der Waals surface area (Å²) in [7, 11) is 1.86. The third-order valence-electron chi connectivity index (χ3n) is 3.64. The van der Waals surface area contributed by atoms with E-state index in [0.29, 0.717) is 11.7 Å². The van der Waals surface area contributed by atoms with Crippen molar-refractivity contribution < 1.29 is 15.0 Å². The van der Waals surface area contributed by atoms with Crippen LogP contribution in [0.1, 0.15) is 34.5 Å². The number of aliphatic hydroxyl groups is 1. The first-order valence-corrected chi connectivity index (χ1v) is 6.49. The quantitative estimate of drug-likeness (QED) is 0.864. The van der Waals surface area contributed by atoms with E-state index in [1.54, 1.807) is 13.0 Å². The number of aryl methyl sites for hydroxylation is 2. The van der Waals surface area contributed by atoms with Gasteiger partial charge in [0.05, 0.1) is 6.10 Å². The van der Waals surface area contributed by atoms with Gasteiger partial charge in [-0.2, -0.15) is 0 Å². The molecule has 5 nitrogen and oxygen atoms in total. The van der Waals surface area contributed by atoms with Crippen molar-refractivity contribution in [2.45, 2.75) is 32.8 Å². The second-order valence-electron chi connectivity index (χ2n) is 5.46. The number of hydrogen-bond donors (Lipinski definition) is 2. The Labute approximate surface area is 112 Å². The molecule has 0 aromatic carbocycles. The third-order valence-corrected chi connectivity index (χ3v) is 3.64. The minimum absolute atomic E-state index is 0.190. The van der Waals surface area contributed by atoms with E-state index >= 15 is 0 Å². The number of aromatic carboxylic acids is 1. The Morgan fingerprint density at radius 3 is 2.63 bits per heavy atom. The molecule has 0 spiro atoms. The lowest BCUT2D eigenvalue weighted by atomic mass is 9.82. The molecule has 2 N–H and O–H groups in total. The Kier molecular flexibility index (Phi) is 3.75. The zero-order chi connectivity index (χ0) is 14.2. The first-order valence-electron chi connectivity index (χ1n) is 6.49. The number of anilines is 1. The van der Waals surface area contributed by atoms with Crippen LogP contribution in [0.25, 0.3) is 0 Å². The Balaban J connectivity index is 2.24. The minimum Gasteiger partial charge on any atom is -0.478 e. The largest absolute Gasteiger partial charge is 0.478 e. The Bertz CT molecular complexity index is 496. The summed E-state index contributed by atoms with van der Waals surface area (Å²) in [4.78, 5) is 17.6. The van der Waals surface area contributed by atoms with Crippen molar-refractivity contribution in [2.24, 2.45) is 5.92 Å². The van der Waals surface area contributed by atoms with Crippen molar-refractivity contribution in [3.63, 3.8) is 0 Å². The van der Waals surface area contributed by atoms with Gasteiger partial charge in [0.15, 0.2) is 0 Å². The van der Waals surface area contributed by atoms with E-state index in [0.717, 1.165) is 30.6 Å². The van der Waals surface area contributed by atoms with Crippen LogP contribution in [0.15, 0.2) is 6.07 Å². The van der Waals surface area contributed by atoms with Gasteiger partial charge in [0, 0.05) is 19.3 Å². The lowest BCUT2D eigenvalue weighted by Gasteiger charge is -2.35. The third kappa shape index (κ3) is 2.87.